The maximum atomic E-state index is 9.54. The Hall–Kier alpha value is -3.82. The van der Waals surface area contributed by atoms with Gasteiger partial charge in [-0.15, -0.1) is 0 Å². The van der Waals surface area contributed by atoms with Crippen LogP contribution >= 0.6 is 0 Å². The third-order valence-corrected chi connectivity index (χ3v) is 3.90. The highest BCUT2D eigenvalue weighted by Gasteiger charge is 2.06. The van der Waals surface area contributed by atoms with Gasteiger partial charge in [-0.2, -0.15) is 10.5 Å². The van der Waals surface area contributed by atoms with E-state index >= 15 is 0 Å². The maximum Gasteiger partial charge on any atom is 0.127 e. The molecule has 0 aromatic heterocycles. The first kappa shape index (κ1) is 17.0. The third-order valence-electron chi connectivity index (χ3n) is 3.90. The number of hydrogen-bond acceptors (Lipinski definition) is 3. The molecule has 3 rings (SSSR count). The minimum Gasteiger partial charge on any atom is -0.488 e. The number of benzene rings is 3. The zero-order chi connectivity index (χ0) is 18.2. The summed E-state index contributed by atoms with van der Waals surface area (Å²) in [7, 11) is 0. The summed E-state index contributed by atoms with van der Waals surface area (Å²) in [5, 5.41) is 18.4. The summed E-state index contributed by atoms with van der Waals surface area (Å²) >= 11 is 0. The molecule has 0 saturated carbocycles. The Morgan fingerprint density at radius 1 is 0.846 bits per heavy atom. The lowest BCUT2D eigenvalue weighted by Gasteiger charge is -2.10. The van der Waals surface area contributed by atoms with E-state index in [1.165, 1.54) is 0 Å². The molecule has 0 amide bonds. The second kappa shape index (κ2) is 8.33. The average Bonchev–Trinajstić information content (AvgIpc) is 2.72. The van der Waals surface area contributed by atoms with Crippen molar-refractivity contribution in [2.75, 3.05) is 0 Å². The number of nitriles is 2. The van der Waals surface area contributed by atoms with E-state index in [1.54, 1.807) is 24.3 Å². The van der Waals surface area contributed by atoms with Gasteiger partial charge in [0.05, 0.1) is 23.3 Å². The van der Waals surface area contributed by atoms with Gasteiger partial charge in [0.1, 0.15) is 12.4 Å². The predicted molar refractivity (Wildman–Crippen MR) is 102 cm³/mol. The smallest absolute Gasteiger partial charge is 0.127 e. The quantitative estimate of drug-likeness (QED) is 0.475. The monoisotopic (exact) mass is 336 g/mol. The van der Waals surface area contributed by atoms with E-state index in [2.05, 4.69) is 12.1 Å². The lowest BCUT2D eigenvalue weighted by atomic mass is 10.0. The van der Waals surface area contributed by atoms with Crippen molar-refractivity contribution in [2.45, 2.75) is 6.61 Å². The summed E-state index contributed by atoms with van der Waals surface area (Å²) in [6, 6.07) is 28.8. The first-order valence-electron chi connectivity index (χ1n) is 8.18. The van der Waals surface area contributed by atoms with Gasteiger partial charge in [-0.05, 0) is 35.4 Å². The highest BCUT2D eigenvalue weighted by atomic mass is 16.5. The van der Waals surface area contributed by atoms with Gasteiger partial charge in [0.15, 0.2) is 0 Å². The first-order valence-corrected chi connectivity index (χ1v) is 8.18. The molecule has 0 fully saturated rings. The van der Waals surface area contributed by atoms with Crippen molar-refractivity contribution in [3.63, 3.8) is 0 Å². The first-order chi connectivity index (χ1) is 12.8. The van der Waals surface area contributed by atoms with Crippen molar-refractivity contribution < 1.29 is 4.74 Å². The highest BCUT2D eigenvalue weighted by molar-refractivity contribution is 5.90. The minimum absolute atomic E-state index is 0.463. The van der Waals surface area contributed by atoms with Gasteiger partial charge in [0.25, 0.3) is 0 Å². The Kier molecular flexibility index (Phi) is 5.45. The van der Waals surface area contributed by atoms with Crippen LogP contribution in [0.4, 0.5) is 0 Å². The molecule has 3 heteroatoms. The maximum absolute atomic E-state index is 9.54. The molecule has 0 unspecified atom stereocenters. The van der Waals surface area contributed by atoms with E-state index in [1.807, 2.05) is 60.7 Å². The van der Waals surface area contributed by atoms with Crippen LogP contribution in [-0.2, 0) is 6.61 Å². The molecule has 0 aliphatic carbocycles. The van der Waals surface area contributed by atoms with Crippen LogP contribution in [0.3, 0.4) is 0 Å². The van der Waals surface area contributed by atoms with Crippen LogP contribution in [0.15, 0.2) is 78.9 Å². The van der Waals surface area contributed by atoms with Gasteiger partial charge >= 0.3 is 0 Å². The summed E-state index contributed by atoms with van der Waals surface area (Å²) < 4.78 is 5.94. The molecule has 0 saturated heterocycles. The van der Waals surface area contributed by atoms with E-state index in [0.29, 0.717) is 17.7 Å². The Morgan fingerprint density at radius 3 is 2.23 bits per heavy atom. The second-order valence-electron chi connectivity index (χ2n) is 5.67. The van der Waals surface area contributed by atoms with Gasteiger partial charge < -0.3 is 4.74 Å². The molecule has 0 N–H and O–H groups in total. The fourth-order valence-electron chi connectivity index (χ4n) is 2.53. The van der Waals surface area contributed by atoms with Gasteiger partial charge in [-0.1, -0.05) is 60.7 Å². The molecule has 0 radical (unpaired) electrons. The van der Waals surface area contributed by atoms with Crippen LogP contribution in [0.25, 0.3) is 11.6 Å². The van der Waals surface area contributed by atoms with Crippen molar-refractivity contribution in [2.24, 2.45) is 0 Å². The molecule has 0 atom stereocenters. The standard InChI is InChI=1S/C23H16N2O/c24-15-18-10-12-20(13-11-18)22(16-25)14-21-8-4-5-9-23(21)26-17-19-6-2-1-3-7-19/h1-14H,17H2. The van der Waals surface area contributed by atoms with E-state index in [4.69, 9.17) is 10.00 Å². The van der Waals surface area contributed by atoms with Gasteiger partial charge in [-0.3, -0.25) is 0 Å². The molecule has 0 aliphatic rings. The van der Waals surface area contributed by atoms with E-state index in [-0.39, 0.29) is 0 Å². The van der Waals surface area contributed by atoms with Crippen LogP contribution in [0.2, 0.25) is 0 Å². The fourth-order valence-corrected chi connectivity index (χ4v) is 2.53. The third kappa shape index (κ3) is 4.17. The van der Waals surface area contributed by atoms with Gasteiger partial charge in [0.2, 0.25) is 0 Å². The molecular formula is C23H16N2O. The van der Waals surface area contributed by atoms with Gasteiger partial charge in [-0.25, -0.2) is 0 Å². The van der Waals surface area contributed by atoms with E-state index in [9.17, 15) is 5.26 Å². The number of hydrogen-bond donors (Lipinski definition) is 0. The molecule has 3 nitrogen and oxygen atoms in total. The molecule has 0 heterocycles. The lowest BCUT2D eigenvalue weighted by molar-refractivity contribution is 0.305. The molecule has 3 aromatic rings. The highest BCUT2D eigenvalue weighted by Crippen LogP contribution is 2.25. The van der Waals surface area contributed by atoms with Crippen LogP contribution in [0.5, 0.6) is 5.75 Å². The number of rotatable bonds is 5. The Balaban J connectivity index is 1.86. The lowest BCUT2D eigenvalue weighted by Crippen LogP contribution is -1.96. The topological polar surface area (TPSA) is 56.8 Å². The van der Waals surface area contributed by atoms with Crippen molar-refractivity contribution in [3.8, 4) is 17.9 Å². The zero-order valence-electron chi connectivity index (χ0n) is 14.1. The number of nitrogens with zero attached hydrogens (tertiary/aromatic N) is 2. The molecule has 0 aliphatic heterocycles. The fraction of sp³-hybridized carbons (Fsp3) is 0.0435. The van der Waals surface area contributed by atoms with Crippen LogP contribution in [0, 0.1) is 22.7 Å². The number of allylic oxidation sites excluding steroid dienone is 1. The average molecular weight is 336 g/mol. The zero-order valence-corrected chi connectivity index (χ0v) is 14.1. The largest absolute Gasteiger partial charge is 0.488 e. The minimum atomic E-state index is 0.463. The molecule has 0 bridgehead atoms. The Morgan fingerprint density at radius 2 is 1.54 bits per heavy atom. The Labute approximate surface area is 153 Å². The van der Waals surface area contributed by atoms with Crippen LogP contribution in [-0.4, -0.2) is 0 Å². The predicted octanol–water partition coefficient (Wildman–Crippen LogP) is 5.20. The van der Waals surface area contributed by atoms with Crippen LogP contribution in [0.1, 0.15) is 22.3 Å². The van der Waals surface area contributed by atoms with Crippen molar-refractivity contribution in [1.82, 2.24) is 0 Å². The molecule has 0 spiro atoms. The van der Waals surface area contributed by atoms with Crippen molar-refractivity contribution >= 4 is 11.6 Å². The van der Waals surface area contributed by atoms with Crippen molar-refractivity contribution in [3.05, 3.63) is 101 Å². The summed E-state index contributed by atoms with van der Waals surface area (Å²) in [5.41, 5.74) is 3.77. The summed E-state index contributed by atoms with van der Waals surface area (Å²) in [5.74, 6) is 0.720. The number of ether oxygens (including phenoxy) is 1. The summed E-state index contributed by atoms with van der Waals surface area (Å²) in [6.07, 6.45) is 1.81. The second-order valence-corrected chi connectivity index (χ2v) is 5.67. The summed E-state index contributed by atoms with van der Waals surface area (Å²) in [4.78, 5) is 0. The van der Waals surface area contributed by atoms with Gasteiger partial charge in [0, 0.05) is 5.56 Å². The number of para-hydroxylation sites is 1. The molecule has 26 heavy (non-hydrogen) atoms. The SMILES string of the molecule is N#CC(=Cc1ccccc1OCc1ccccc1)c1ccc(C#N)cc1. The van der Waals surface area contributed by atoms with Crippen LogP contribution < -0.4 is 4.74 Å². The molecule has 124 valence electrons. The Bertz CT molecular complexity index is 991. The summed E-state index contributed by atoms with van der Waals surface area (Å²) in [6.45, 7) is 0.463. The van der Waals surface area contributed by atoms with E-state index in [0.717, 1.165) is 22.4 Å². The molecular weight excluding hydrogens is 320 g/mol. The normalized spacial score (nSPS) is 10.6. The molecule has 3 aromatic carbocycles. The van der Waals surface area contributed by atoms with Crippen molar-refractivity contribution in [1.29, 1.82) is 10.5 Å². The van der Waals surface area contributed by atoms with E-state index < -0.39 is 0 Å².